The lowest BCUT2D eigenvalue weighted by Crippen LogP contribution is -2.07. The van der Waals surface area contributed by atoms with Gasteiger partial charge in [0.1, 0.15) is 5.75 Å². The van der Waals surface area contributed by atoms with Gasteiger partial charge >= 0.3 is 0 Å². The molecule has 1 aromatic heterocycles. The second-order valence-electron chi connectivity index (χ2n) is 4.10. The normalized spacial score (nSPS) is 12.2. The first-order valence-corrected chi connectivity index (χ1v) is 5.62. The molecule has 0 bridgehead atoms. The molecule has 88 valence electrons. The zero-order valence-corrected chi connectivity index (χ0v) is 10.1. The fraction of sp³-hybridized carbons (Fsp3) is 0.214. The molecule has 1 aromatic carbocycles. The molecule has 17 heavy (non-hydrogen) atoms. The van der Waals surface area contributed by atoms with Crippen LogP contribution in [-0.4, -0.2) is 4.98 Å². The van der Waals surface area contributed by atoms with Crippen LogP contribution < -0.4 is 10.5 Å². The number of ether oxygens (including phenoxy) is 1. The summed E-state index contributed by atoms with van der Waals surface area (Å²) in [6.45, 7) is 3.96. The van der Waals surface area contributed by atoms with Crippen molar-refractivity contribution in [1.29, 1.82) is 0 Å². The zero-order valence-electron chi connectivity index (χ0n) is 10.1. The number of pyridine rings is 1. The minimum atomic E-state index is -0.0934. The minimum Gasteiger partial charge on any atom is -0.439 e. The summed E-state index contributed by atoms with van der Waals surface area (Å²) < 4.78 is 5.73. The molecule has 0 spiro atoms. The minimum absolute atomic E-state index is 0.0934. The van der Waals surface area contributed by atoms with Crippen molar-refractivity contribution in [1.82, 2.24) is 4.98 Å². The van der Waals surface area contributed by atoms with Crippen LogP contribution in [0.2, 0.25) is 0 Å². The summed E-state index contributed by atoms with van der Waals surface area (Å²) in [4.78, 5) is 4.22. The third-order valence-corrected chi connectivity index (χ3v) is 2.53. The molecule has 1 heterocycles. The van der Waals surface area contributed by atoms with E-state index in [9.17, 15) is 0 Å². The SMILES string of the molecule is Cc1ccc(Oc2ncccc2[C@@H](C)N)cc1. The van der Waals surface area contributed by atoms with Gasteiger partial charge in [-0.3, -0.25) is 0 Å². The van der Waals surface area contributed by atoms with Crippen molar-refractivity contribution in [3.05, 3.63) is 53.7 Å². The van der Waals surface area contributed by atoms with E-state index in [0.717, 1.165) is 11.3 Å². The molecule has 2 N–H and O–H groups in total. The number of rotatable bonds is 3. The molecule has 3 nitrogen and oxygen atoms in total. The summed E-state index contributed by atoms with van der Waals surface area (Å²) >= 11 is 0. The van der Waals surface area contributed by atoms with Crippen LogP contribution in [0.1, 0.15) is 24.1 Å². The largest absolute Gasteiger partial charge is 0.439 e. The van der Waals surface area contributed by atoms with Gasteiger partial charge in [0.25, 0.3) is 0 Å². The Kier molecular flexibility index (Phi) is 3.40. The molecular weight excluding hydrogens is 212 g/mol. The molecule has 0 amide bonds. The Bertz CT molecular complexity index is 492. The van der Waals surface area contributed by atoms with E-state index in [1.165, 1.54) is 5.56 Å². The summed E-state index contributed by atoms with van der Waals surface area (Å²) in [6.07, 6.45) is 1.70. The van der Waals surface area contributed by atoms with Crippen molar-refractivity contribution in [3.8, 4) is 11.6 Å². The number of aromatic nitrogens is 1. The summed E-state index contributed by atoms with van der Waals surface area (Å²) in [5, 5.41) is 0. The predicted molar refractivity (Wildman–Crippen MR) is 68.1 cm³/mol. The maximum Gasteiger partial charge on any atom is 0.223 e. The van der Waals surface area contributed by atoms with Crippen molar-refractivity contribution in [3.63, 3.8) is 0 Å². The van der Waals surface area contributed by atoms with Crippen LogP contribution in [0.3, 0.4) is 0 Å². The van der Waals surface area contributed by atoms with Crippen LogP contribution in [-0.2, 0) is 0 Å². The maximum absolute atomic E-state index is 5.87. The fourth-order valence-electron chi connectivity index (χ4n) is 1.55. The zero-order chi connectivity index (χ0) is 12.3. The van der Waals surface area contributed by atoms with Gasteiger partial charge in [0.15, 0.2) is 0 Å². The topological polar surface area (TPSA) is 48.1 Å². The Morgan fingerprint density at radius 3 is 2.53 bits per heavy atom. The molecule has 0 aliphatic carbocycles. The summed E-state index contributed by atoms with van der Waals surface area (Å²) in [5.41, 5.74) is 7.98. The van der Waals surface area contributed by atoms with Gasteiger partial charge in [-0.25, -0.2) is 4.98 Å². The van der Waals surface area contributed by atoms with E-state index in [1.54, 1.807) is 6.20 Å². The average Bonchev–Trinajstić information content (AvgIpc) is 2.32. The Labute approximate surface area is 101 Å². The summed E-state index contributed by atoms with van der Waals surface area (Å²) in [6, 6.07) is 11.6. The van der Waals surface area contributed by atoms with Crippen LogP contribution in [0.15, 0.2) is 42.6 Å². The molecule has 0 unspecified atom stereocenters. The monoisotopic (exact) mass is 228 g/mol. The third-order valence-electron chi connectivity index (χ3n) is 2.53. The smallest absolute Gasteiger partial charge is 0.223 e. The number of nitrogens with zero attached hydrogens (tertiary/aromatic N) is 1. The molecule has 0 saturated heterocycles. The first-order valence-electron chi connectivity index (χ1n) is 5.62. The molecule has 1 atom stereocenters. The van der Waals surface area contributed by atoms with Gasteiger partial charge in [0, 0.05) is 17.8 Å². The highest BCUT2D eigenvalue weighted by Gasteiger charge is 2.09. The fourth-order valence-corrected chi connectivity index (χ4v) is 1.55. The van der Waals surface area contributed by atoms with E-state index < -0.39 is 0 Å². The Morgan fingerprint density at radius 1 is 1.18 bits per heavy atom. The molecule has 0 fully saturated rings. The van der Waals surface area contributed by atoms with Crippen molar-refractivity contribution >= 4 is 0 Å². The van der Waals surface area contributed by atoms with E-state index >= 15 is 0 Å². The quantitative estimate of drug-likeness (QED) is 0.877. The summed E-state index contributed by atoms with van der Waals surface area (Å²) in [7, 11) is 0. The van der Waals surface area contributed by atoms with E-state index in [2.05, 4.69) is 4.98 Å². The molecule has 0 aliphatic rings. The first kappa shape index (κ1) is 11.6. The molecule has 2 rings (SSSR count). The van der Waals surface area contributed by atoms with Gasteiger partial charge in [-0.15, -0.1) is 0 Å². The van der Waals surface area contributed by atoms with Gasteiger partial charge in [-0.2, -0.15) is 0 Å². The summed E-state index contributed by atoms with van der Waals surface area (Å²) in [5.74, 6) is 1.35. The molecule has 0 saturated carbocycles. The second-order valence-corrected chi connectivity index (χ2v) is 4.10. The van der Waals surface area contributed by atoms with Crippen molar-refractivity contribution in [2.24, 2.45) is 5.73 Å². The van der Waals surface area contributed by atoms with Crippen LogP contribution >= 0.6 is 0 Å². The average molecular weight is 228 g/mol. The number of nitrogens with two attached hydrogens (primary N) is 1. The Morgan fingerprint density at radius 2 is 1.88 bits per heavy atom. The molecular formula is C14H16N2O. The van der Waals surface area contributed by atoms with Crippen LogP contribution in [0, 0.1) is 6.92 Å². The molecule has 0 radical (unpaired) electrons. The van der Waals surface area contributed by atoms with E-state index in [0.29, 0.717) is 5.88 Å². The lowest BCUT2D eigenvalue weighted by molar-refractivity contribution is 0.452. The molecule has 2 aromatic rings. The number of hydrogen-bond donors (Lipinski definition) is 1. The van der Waals surface area contributed by atoms with E-state index in [1.807, 2.05) is 50.2 Å². The standard InChI is InChI=1S/C14H16N2O/c1-10-5-7-12(8-6-10)17-14-13(11(2)15)4-3-9-16-14/h3-9,11H,15H2,1-2H3/t11-/m1/s1. The number of hydrogen-bond acceptors (Lipinski definition) is 3. The number of aryl methyl sites for hydroxylation is 1. The molecule has 3 heteroatoms. The highest BCUT2D eigenvalue weighted by molar-refractivity contribution is 5.34. The number of benzene rings is 1. The molecule has 0 aliphatic heterocycles. The lowest BCUT2D eigenvalue weighted by atomic mass is 10.1. The lowest BCUT2D eigenvalue weighted by Gasteiger charge is -2.12. The van der Waals surface area contributed by atoms with Crippen molar-refractivity contribution in [2.45, 2.75) is 19.9 Å². The van der Waals surface area contributed by atoms with Crippen molar-refractivity contribution < 1.29 is 4.74 Å². The Hall–Kier alpha value is -1.87. The van der Waals surface area contributed by atoms with Crippen LogP contribution in [0.25, 0.3) is 0 Å². The highest BCUT2D eigenvalue weighted by Crippen LogP contribution is 2.26. The first-order chi connectivity index (χ1) is 8.16. The van der Waals surface area contributed by atoms with Gasteiger partial charge < -0.3 is 10.5 Å². The highest BCUT2D eigenvalue weighted by atomic mass is 16.5. The second kappa shape index (κ2) is 4.97. The van der Waals surface area contributed by atoms with Gasteiger partial charge in [-0.1, -0.05) is 23.8 Å². The van der Waals surface area contributed by atoms with Gasteiger partial charge in [-0.05, 0) is 32.0 Å². The van der Waals surface area contributed by atoms with Gasteiger partial charge in [0.2, 0.25) is 5.88 Å². The van der Waals surface area contributed by atoms with Gasteiger partial charge in [0.05, 0.1) is 0 Å². The Balaban J connectivity index is 2.26. The van der Waals surface area contributed by atoms with E-state index in [4.69, 9.17) is 10.5 Å². The van der Waals surface area contributed by atoms with Crippen LogP contribution in [0.4, 0.5) is 0 Å². The third kappa shape index (κ3) is 2.82. The van der Waals surface area contributed by atoms with E-state index in [-0.39, 0.29) is 6.04 Å². The van der Waals surface area contributed by atoms with Crippen LogP contribution in [0.5, 0.6) is 11.6 Å². The van der Waals surface area contributed by atoms with Crippen molar-refractivity contribution in [2.75, 3.05) is 0 Å². The predicted octanol–water partition coefficient (Wildman–Crippen LogP) is 3.20. The maximum atomic E-state index is 5.87.